The number of aryl methyl sites for hydroxylation is 2. The van der Waals surface area contributed by atoms with Gasteiger partial charge < -0.3 is 15.0 Å². The first kappa shape index (κ1) is 27.3. The zero-order valence-corrected chi connectivity index (χ0v) is 22.1. The number of carbonyl (C=O) groups is 2. The molecule has 0 aromatic heterocycles. The number of nitrogens with zero attached hydrogens (tertiary/aromatic N) is 1. The van der Waals surface area contributed by atoms with E-state index in [-0.39, 0.29) is 25.0 Å². The minimum Gasteiger partial charge on any atom is -0.483 e. The molecule has 0 fully saturated rings. The van der Waals surface area contributed by atoms with E-state index in [1.54, 1.807) is 11.0 Å². The number of amides is 2. The molecule has 0 saturated heterocycles. The van der Waals surface area contributed by atoms with E-state index in [1.807, 2.05) is 80.6 Å². The van der Waals surface area contributed by atoms with Gasteiger partial charge in [-0.2, -0.15) is 0 Å². The van der Waals surface area contributed by atoms with E-state index in [0.29, 0.717) is 23.7 Å². The van der Waals surface area contributed by atoms with Crippen molar-refractivity contribution < 1.29 is 14.3 Å². The maximum Gasteiger partial charge on any atom is 0.261 e. The van der Waals surface area contributed by atoms with Crippen molar-refractivity contribution in [3.05, 3.63) is 100 Å². The molecule has 3 aromatic carbocycles. The van der Waals surface area contributed by atoms with E-state index in [2.05, 4.69) is 12.2 Å². The maximum absolute atomic E-state index is 13.7. The van der Waals surface area contributed by atoms with E-state index in [0.717, 1.165) is 35.1 Å². The molecule has 3 rings (SSSR count). The van der Waals surface area contributed by atoms with E-state index in [1.165, 1.54) is 0 Å². The fraction of sp³-hybridized carbons (Fsp3) is 0.333. The van der Waals surface area contributed by atoms with Crippen molar-refractivity contribution in [3.8, 4) is 5.75 Å². The highest BCUT2D eigenvalue weighted by atomic mass is 35.5. The highest BCUT2D eigenvalue weighted by Crippen LogP contribution is 2.22. The molecule has 2 amide bonds. The molecule has 1 unspecified atom stereocenters. The Balaban J connectivity index is 1.90. The summed E-state index contributed by atoms with van der Waals surface area (Å²) in [6.07, 6.45) is 2.23. The maximum atomic E-state index is 13.7. The molecule has 3 aromatic rings. The van der Waals surface area contributed by atoms with Crippen LogP contribution in [0.3, 0.4) is 0 Å². The predicted octanol–water partition coefficient (Wildman–Crippen LogP) is 5.89. The average molecular weight is 507 g/mol. The quantitative estimate of drug-likeness (QED) is 0.311. The smallest absolute Gasteiger partial charge is 0.261 e. The summed E-state index contributed by atoms with van der Waals surface area (Å²) in [7, 11) is 0. The van der Waals surface area contributed by atoms with Crippen LogP contribution in [0, 0.1) is 13.8 Å². The molecule has 6 heteroatoms. The summed E-state index contributed by atoms with van der Waals surface area (Å²) < 4.78 is 5.93. The summed E-state index contributed by atoms with van der Waals surface area (Å²) in [5, 5.41) is 3.57. The Bertz CT molecular complexity index is 1150. The lowest BCUT2D eigenvalue weighted by atomic mass is 10.0. The summed E-state index contributed by atoms with van der Waals surface area (Å²) in [6, 6.07) is 22.3. The van der Waals surface area contributed by atoms with Crippen molar-refractivity contribution >= 4 is 23.4 Å². The van der Waals surface area contributed by atoms with E-state index in [4.69, 9.17) is 16.3 Å². The second-order valence-corrected chi connectivity index (χ2v) is 9.43. The average Bonchev–Trinajstić information content (AvgIpc) is 2.87. The lowest BCUT2D eigenvalue weighted by Gasteiger charge is -2.32. The first-order chi connectivity index (χ1) is 17.4. The molecule has 0 spiro atoms. The molecule has 0 aliphatic heterocycles. The third kappa shape index (κ3) is 7.85. The van der Waals surface area contributed by atoms with Crippen LogP contribution in [0.5, 0.6) is 5.75 Å². The summed E-state index contributed by atoms with van der Waals surface area (Å²) in [4.78, 5) is 28.7. The van der Waals surface area contributed by atoms with Crippen LogP contribution >= 0.6 is 11.6 Å². The molecule has 0 saturated carbocycles. The van der Waals surface area contributed by atoms with Crippen molar-refractivity contribution in [2.24, 2.45) is 0 Å². The van der Waals surface area contributed by atoms with Gasteiger partial charge in [0.05, 0.1) is 0 Å². The largest absolute Gasteiger partial charge is 0.483 e. The van der Waals surface area contributed by atoms with Gasteiger partial charge in [0.25, 0.3) is 5.91 Å². The number of carbonyl (C=O) groups excluding carboxylic acids is 2. The molecule has 190 valence electrons. The normalized spacial score (nSPS) is 11.6. The number of rotatable bonds is 12. The Hall–Kier alpha value is -3.31. The SMILES string of the molecule is CCCCNC(=O)C(Cc1ccccc1)N(Cc1ccccc1Cl)C(=O)COc1ccc(C)cc1C. The second kappa shape index (κ2) is 13.7. The molecule has 1 N–H and O–H groups in total. The van der Waals surface area contributed by atoms with Crippen LogP contribution in [-0.2, 0) is 22.6 Å². The van der Waals surface area contributed by atoms with Crippen LogP contribution in [0.25, 0.3) is 0 Å². The Labute approximate surface area is 219 Å². The van der Waals surface area contributed by atoms with Gasteiger partial charge in [0.1, 0.15) is 11.8 Å². The van der Waals surface area contributed by atoms with Gasteiger partial charge in [0, 0.05) is 24.5 Å². The highest BCUT2D eigenvalue weighted by molar-refractivity contribution is 6.31. The fourth-order valence-electron chi connectivity index (χ4n) is 4.05. The molecule has 0 heterocycles. The summed E-state index contributed by atoms with van der Waals surface area (Å²) in [5.41, 5.74) is 3.83. The third-order valence-electron chi connectivity index (χ3n) is 6.08. The fourth-order valence-corrected chi connectivity index (χ4v) is 4.25. The van der Waals surface area contributed by atoms with Crippen LogP contribution in [-0.4, -0.2) is 35.9 Å². The Morgan fingerprint density at radius 2 is 1.72 bits per heavy atom. The van der Waals surface area contributed by atoms with Crippen molar-refractivity contribution in [2.45, 2.75) is 52.6 Å². The number of hydrogen-bond acceptors (Lipinski definition) is 3. The van der Waals surface area contributed by atoms with Gasteiger partial charge in [-0.05, 0) is 49.1 Å². The van der Waals surface area contributed by atoms with Crippen molar-refractivity contribution in [1.29, 1.82) is 0 Å². The van der Waals surface area contributed by atoms with Gasteiger partial charge in [-0.25, -0.2) is 0 Å². The van der Waals surface area contributed by atoms with Gasteiger partial charge >= 0.3 is 0 Å². The van der Waals surface area contributed by atoms with Gasteiger partial charge in [0.15, 0.2) is 6.61 Å². The van der Waals surface area contributed by atoms with Crippen molar-refractivity contribution in [1.82, 2.24) is 10.2 Å². The number of nitrogens with one attached hydrogen (secondary N) is 1. The number of unbranched alkanes of at least 4 members (excludes halogenated alkanes) is 1. The molecule has 36 heavy (non-hydrogen) atoms. The van der Waals surface area contributed by atoms with Crippen LogP contribution < -0.4 is 10.1 Å². The summed E-state index contributed by atoms with van der Waals surface area (Å²) in [6.45, 7) is 6.63. The monoisotopic (exact) mass is 506 g/mol. The summed E-state index contributed by atoms with van der Waals surface area (Å²) >= 11 is 6.46. The molecular weight excluding hydrogens is 472 g/mol. The minimum atomic E-state index is -0.712. The van der Waals surface area contributed by atoms with E-state index in [9.17, 15) is 9.59 Å². The van der Waals surface area contributed by atoms with Gasteiger partial charge in [0.2, 0.25) is 5.91 Å². The first-order valence-electron chi connectivity index (χ1n) is 12.4. The van der Waals surface area contributed by atoms with E-state index >= 15 is 0 Å². The van der Waals surface area contributed by atoms with Crippen LogP contribution in [0.2, 0.25) is 5.02 Å². The molecular formula is C30H35ClN2O3. The molecule has 0 aliphatic rings. The number of hydrogen-bond donors (Lipinski definition) is 1. The number of ether oxygens (including phenoxy) is 1. The van der Waals surface area contributed by atoms with Gasteiger partial charge in [-0.3, -0.25) is 9.59 Å². The minimum absolute atomic E-state index is 0.179. The molecule has 5 nitrogen and oxygen atoms in total. The zero-order valence-electron chi connectivity index (χ0n) is 21.3. The predicted molar refractivity (Wildman–Crippen MR) is 145 cm³/mol. The topological polar surface area (TPSA) is 58.6 Å². The van der Waals surface area contributed by atoms with Crippen LogP contribution in [0.15, 0.2) is 72.8 Å². The molecule has 1 atom stereocenters. The van der Waals surface area contributed by atoms with Crippen LogP contribution in [0.1, 0.15) is 42.0 Å². The Morgan fingerprint density at radius 3 is 2.42 bits per heavy atom. The lowest BCUT2D eigenvalue weighted by Crippen LogP contribution is -2.51. The highest BCUT2D eigenvalue weighted by Gasteiger charge is 2.31. The number of halogens is 1. The Morgan fingerprint density at radius 1 is 1.00 bits per heavy atom. The van der Waals surface area contributed by atoms with Crippen molar-refractivity contribution in [2.75, 3.05) is 13.2 Å². The van der Waals surface area contributed by atoms with Crippen LogP contribution in [0.4, 0.5) is 0 Å². The second-order valence-electron chi connectivity index (χ2n) is 9.02. The Kier molecular flexibility index (Phi) is 10.4. The molecule has 0 radical (unpaired) electrons. The molecule has 0 bridgehead atoms. The summed E-state index contributed by atoms with van der Waals surface area (Å²) in [5.74, 6) is 0.194. The van der Waals surface area contributed by atoms with E-state index < -0.39 is 6.04 Å². The van der Waals surface area contributed by atoms with Crippen molar-refractivity contribution in [3.63, 3.8) is 0 Å². The first-order valence-corrected chi connectivity index (χ1v) is 12.8. The third-order valence-corrected chi connectivity index (χ3v) is 6.45. The number of benzene rings is 3. The lowest BCUT2D eigenvalue weighted by molar-refractivity contribution is -0.142. The van der Waals surface area contributed by atoms with Gasteiger partial charge in [-0.1, -0.05) is 91.2 Å². The standard InChI is InChI=1S/C30H35ClN2O3/c1-4-5-17-32-30(35)27(19-24-11-7-6-8-12-24)33(20-25-13-9-10-14-26(25)31)29(34)21-36-28-16-15-22(2)18-23(28)3/h6-16,18,27H,4-5,17,19-21H2,1-3H3,(H,32,35). The zero-order chi connectivity index (χ0) is 25.9. The van der Waals surface area contributed by atoms with Gasteiger partial charge in [-0.15, -0.1) is 0 Å². The molecule has 0 aliphatic carbocycles.